The lowest BCUT2D eigenvalue weighted by molar-refractivity contribution is 0.0994. The monoisotopic (exact) mass is 276 g/mol. The third kappa shape index (κ3) is 2.50. The lowest BCUT2D eigenvalue weighted by Gasteiger charge is -2.18. The quantitative estimate of drug-likeness (QED) is 0.713. The number of fused-ring (bicyclic) bond motifs is 1. The van der Waals surface area contributed by atoms with Gasteiger partial charge in [-0.25, -0.2) is 0 Å². The second-order valence-corrected chi connectivity index (χ2v) is 5.08. The first-order chi connectivity index (χ1) is 10.2. The summed E-state index contributed by atoms with van der Waals surface area (Å²) in [5, 5.41) is 0.879. The van der Waals surface area contributed by atoms with Crippen molar-refractivity contribution < 1.29 is 4.79 Å². The minimum absolute atomic E-state index is 0.0301. The maximum absolute atomic E-state index is 12.7. The number of hydrogen-bond acceptors (Lipinski definition) is 2. The largest absolute Gasteiger partial charge is 0.311 e. The summed E-state index contributed by atoms with van der Waals surface area (Å²) < 4.78 is 0. The average molecular weight is 276 g/mol. The van der Waals surface area contributed by atoms with E-state index >= 15 is 0 Å². The molecule has 3 heteroatoms. The van der Waals surface area contributed by atoms with Crippen LogP contribution in [-0.4, -0.2) is 17.9 Å². The summed E-state index contributed by atoms with van der Waals surface area (Å²) in [6.07, 6.45) is 1.74. The second kappa shape index (κ2) is 5.37. The Morgan fingerprint density at radius 1 is 1.00 bits per heavy atom. The molecule has 104 valence electrons. The van der Waals surface area contributed by atoms with E-state index in [0.717, 1.165) is 16.6 Å². The lowest BCUT2D eigenvalue weighted by Crippen LogP contribution is -2.26. The van der Waals surface area contributed by atoms with Crippen LogP contribution in [0.2, 0.25) is 0 Å². The zero-order valence-corrected chi connectivity index (χ0v) is 12.1. The maximum Gasteiger partial charge on any atom is 0.258 e. The summed E-state index contributed by atoms with van der Waals surface area (Å²) in [6.45, 7) is 2.03. The highest BCUT2D eigenvalue weighted by Gasteiger charge is 2.16. The van der Waals surface area contributed by atoms with Gasteiger partial charge in [-0.05, 0) is 37.3 Å². The van der Waals surface area contributed by atoms with Crippen LogP contribution in [0.15, 0.2) is 60.8 Å². The molecule has 0 saturated carbocycles. The molecule has 1 amide bonds. The molecule has 0 aliphatic carbocycles. The molecule has 0 atom stereocenters. The number of aromatic nitrogens is 1. The van der Waals surface area contributed by atoms with Crippen molar-refractivity contribution in [2.45, 2.75) is 6.92 Å². The maximum atomic E-state index is 12.7. The highest BCUT2D eigenvalue weighted by molar-refractivity contribution is 6.13. The first-order valence-corrected chi connectivity index (χ1v) is 6.85. The molecule has 0 radical (unpaired) electrons. The van der Waals surface area contributed by atoms with Crippen LogP contribution in [0.1, 0.15) is 15.9 Å². The summed E-state index contributed by atoms with van der Waals surface area (Å²) >= 11 is 0. The van der Waals surface area contributed by atoms with Crippen LogP contribution in [0, 0.1) is 6.92 Å². The smallest absolute Gasteiger partial charge is 0.258 e. The van der Waals surface area contributed by atoms with Gasteiger partial charge in [-0.1, -0.05) is 29.8 Å². The number of pyridine rings is 1. The van der Waals surface area contributed by atoms with E-state index in [1.165, 1.54) is 5.56 Å². The first-order valence-electron chi connectivity index (χ1n) is 6.85. The fourth-order valence-corrected chi connectivity index (χ4v) is 2.36. The Hall–Kier alpha value is -2.68. The third-order valence-corrected chi connectivity index (χ3v) is 3.60. The van der Waals surface area contributed by atoms with Gasteiger partial charge in [0.05, 0.1) is 5.52 Å². The van der Waals surface area contributed by atoms with Gasteiger partial charge in [0.1, 0.15) is 0 Å². The van der Waals surface area contributed by atoms with Crippen LogP contribution in [0.3, 0.4) is 0 Å². The van der Waals surface area contributed by atoms with Gasteiger partial charge in [-0.15, -0.1) is 0 Å². The SMILES string of the molecule is Cc1ccc(N(C)C(=O)c2cccc3ncccc23)cc1. The van der Waals surface area contributed by atoms with Crippen molar-refractivity contribution in [3.8, 4) is 0 Å². The van der Waals surface area contributed by atoms with Crippen LogP contribution in [-0.2, 0) is 0 Å². The zero-order chi connectivity index (χ0) is 14.8. The number of benzene rings is 2. The van der Waals surface area contributed by atoms with Crippen molar-refractivity contribution in [2.24, 2.45) is 0 Å². The number of anilines is 1. The first kappa shape index (κ1) is 13.3. The molecule has 3 nitrogen and oxygen atoms in total. The summed E-state index contributed by atoms with van der Waals surface area (Å²) in [5.41, 5.74) is 3.56. The Kier molecular flexibility index (Phi) is 3.40. The molecular formula is C18H16N2O. The predicted octanol–water partition coefficient (Wildman–Crippen LogP) is 3.82. The normalized spacial score (nSPS) is 10.6. The van der Waals surface area contributed by atoms with Crippen LogP contribution in [0.25, 0.3) is 10.9 Å². The summed E-state index contributed by atoms with van der Waals surface area (Å²) in [5.74, 6) is -0.0301. The number of nitrogens with zero attached hydrogens (tertiary/aromatic N) is 2. The Morgan fingerprint density at radius 2 is 1.76 bits per heavy atom. The van der Waals surface area contributed by atoms with Crippen molar-refractivity contribution in [2.75, 3.05) is 11.9 Å². The Labute approximate surface area is 123 Å². The Morgan fingerprint density at radius 3 is 2.52 bits per heavy atom. The molecule has 0 aliphatic rings. The zero-order valence-electron chi connectivity index (χ0n) is 12.1. The second-order valence-electron chi connectivity index (χ2n) is 5.08. The highest BCUT2D eigenvalue weighted by Crippen LogP contribution is 2.21. The minimum Gasteiger partial charge on any atom is -0.311 e. The molecule has 1 aromatic heterocycles. The predicted molar refractivity (Wildman–Crippen MR) is 85.7 cm³/mol. The number of carbonyl (C=O) groups excluding carboxylic acids is 1. The van der Waals surface area contributed by atoms with E-state index in [1.54, 1.807) is 18.1 Å². The topological polar surface area (TPSA) is 33.2 Å². The summed E-state index contributed by atoms with van der Waals surface area (Å²) in [7, 11) is 1.79. The van der Waals surface area contributed by atoms with Crippen molar-refractivity contribution in [1.82, 2.24) is 4.98 Å². The summed E-state index contributed by atoms with van der Waals surface area (Å²) in [6, 6.07) is 17.3. The average Bonchev–Trinajstić information content (AvgIpc) is 2.53. The number of rotatable bonds is 2. The molecule has 0 bridgehead atoms. The van der Waals surface area contributed by atoms with E-state index in [2.05, 4.69) is 4.98 Å². The molecule has 0 spiro atoms. The molecule has 21 heavy (non-hydrogen) atoms. The van der Waals surface area contributed by atoms with E-state index in [4.69, 9.17) is 0 Å². The molecule has 3 rings (SSSR count). The fourth-order valence-electron chi connectivity index (χ4n) is 2.36. The van der Waals surface area contributed by atoms with Crippen molar-refractivity contribution >= 4 is 22.5 Å². The van der Waals surface area contributed by atoms with Crippen LogP contribution >= 0.6 is 0 Å². The van der Waals surface area contributed by atoms with Gasteiger partial charge in [0.2, 0.25) is 0 Å². The molecule has 0 fully saturated rings. The number of hydrogen-bond donors (Lipinski definition) is 0. The van der Waals surface area contributed by atoms with Gasteiger partial charge in [-0.3, -0.25) is 9.78 Å². The van der Waals surface area contributed by atoms with E-state index in [0.29, 0.717) is 5.56 Å². The van der Waals surface area contributed by atoms with Crippen LogP contribution in [0.4, 0.5) is 5.69 Å². The van der Waals surface area contributed by atoms with Gasteiger partial charge >= 0.3 is 0 Å². The number of carbonyl (C=O) groups is 1. The number of aryl methyl sites for hydroxylation is 1. The Balaban J connectivity index is 2.02. The lowest BCUT2D eigenvalue weighted by atomic mass is 10.1. The molecule has 3 aromatic rings. The molecule has 0 saturated heterocycles. The van der Waals surface area contributed by atoms with Gasteiger partial charge in [0.25, 0.3) is 5.91 Å². The molecule has 1 heterocycles. The van der Waals surface area contributed by atoms with E-state index in [-0.39, 0.29) is 5.91 Å². The number of amides is 1. The standard InChI is InChI=1S/C18H16N2O/c1-13-8-10-14(11-9-13)20(2)18(21)16-5-3-7-17-15(16)6-4-12-19-17/h3-12H,1-2H3. The van der Waals surface area contributed by atoms with Crippen molar-refractivity contribution in [1.29, 1.82) is 0 Å². The summed E-state index contributed by atoms with van der Waals surface area (Å²) in [4.78, 5) is 18.7. The van der Waals surface area contributed by atoms with Crippen molar-refractivity contribution in [3.63, 3.8) is 0 Å². The molecular weight excluding hydrogens is 260 g/mol. The molecule has 0 N–H and O–H groups in total. The molecule has 0 unspecified atom stereocenters. The fraction of sp³-hybridized carbons (Fsp3) is 0.111. The van der Waals surface area contributed by atoms with Gasteiger partial charge < -0.3 is 4.90 Å². The van der Waals surface area contributed by atoms with E-state index < -0.39 is 0 Å². The molecule has 0 aliphatic heterocycles. The highest BCUT2D eigenvalue weighted by atomic mass is 16.2. The van der Waals surface area contributed by atoms with Crippen molar-refractivity contribution in [3.05, 3.63) is 71.9 Å². The Bertz CT molecular complexity index is 788. The van der Waals surface area contributed by atoms with Gasteiger partial charge in [0, 0.05) is 29.9 Å². The van der Waals surface area contributed by atoms with Crippen LogP contribution < -0.4 is 4.90 Å². The van der Waals surface area contributed by atoms with Crippen LogP contribution in [0.5, 0.6) is 0 Å². The van der Waals surface area contributed by atoms with Gasteiger partial charge in [-0.2, -0.15) is 0 Å². The third-order valence-electron chi connectivity index (χ3n) is 3.60. The van der Waals surface area contributed by atoms with Gasteiger partial charge in [0.15, 0.2) is 0 Å². The minimum atomic E-state index is -0.0301. The van der Waals surface area contributed by atoms with E-state index in [9.17, 15) is 4.79 Å². The molecule has 2 aromatic carbocycles. The van der Waals surface area contributed by atoms with E-state index in [1.807, 2.05) is 61.5 Å².